The number of unbranched alkanes of at least 4 members (excludes halogenated alkanes) is 12. The van der Waals surface area contributed by atoms with Crippen molar-refractivity contribution in [2.45, 2.75) is 192 Å². The molecule has 0 saturated carbocycles. The zero-order valence-electron chi connectivity index (χ0n) is 36.5. The molecule has 344 valence electrons. The van der Waals surface area contributed by atoms with Crippen LogP contribution in [0.2, 0.25) is 0 Å². The summed E-state index contributed by atoms with van der Waals surface area (Å²) in [4.78, 5) is 25.4. The first kappa shape index (κ1) is 55.1. The molecule has 13 heteroatoms. The Bertz CT molecular complexity index is 1390. The quantitative estimate of drug-likeness (QED) is 0.0203. The van der Waals surface area contributed by atoms with E-state index in [9.17, 15) is 37.9 Å². The van der Waals surface area contributed by atoms with Crippen molar-refractivity contribution in [1.82, 2.24) is 0 Å². The minimum Gasteiger partial charge on any atom is -0.462 e. The second-order valence-corrected chi connectivity index (χ2v) is 16.8. The molecular weight excluding hydrogens is 789 g/mol. The van der Waals surface area contributed by atoms with Crippen molar-refractivity contribution in [2.75, 3.05) is 19.0 Å². The minimum absolute atomic E-state index is 0.0809. The summed E-state index contributed by atoms with van der Waals surface area (Å²) in [5, 5.41) is 30.9. The Morgan fingerprint density at radius 2 is 1.07 bits per heavy atom. The lowest BCUT2D eigenvalue weighted by atomic mass is 10.00. The van der Waals surface area contributed by atoms with Gasteiger partial charge in [-0.05, 0) is 77.0 Å². The molecule has 0 radical (unpaired) electrons. The number of allylic oxidation sites excluding steroid dienone is 12. The van der Waals surface area contributed by atoms with E-state index in [4.69, 9.17) is 18.9 Å². The van der Waals surface area contributed by atoms with Gasteiger partial charge in [-0.15, -0.1) is 0 Å². The zero-order valence-corrected chi connectivity index (χ0v) is 37.3. The van der Waals surface area contributed by atoms with Crippen LogP contribution in [0.1, 0.15) is 155 Å². The van der Waals surface area contributed by atoms with Gasteiger partial charge in [0.15, 0.2) is 12.4 Å². The van der Waals surface area contributed by atoms with Gasteiger partial charge in [0, 0.05) is 12.8 Å². The molecule has 1 saturated heterocycles. The largest absolute Gasteiger partial charge is 0.462 e. The van der Waals surface area contributed by atoms with Gasteiger partial charge in [0.05, 0.1) is 6.61 Å². The van der Waals surface area contributed by atoms with Crippen LogP contribution in [0.15, 0.2) is 72.9 Å². The second kappa shape index (κ2) is 36.7. The first-order valence-electron chi connectivity index (χ1n) is 22.5. The predicted molar refractivity (Wildman–Crippen MR) is 238 cm³/mol. The lowest BCUT2D eigenvalue weighted by molar-refractivity contribution is -0.297. The van der Waals surface area contributed by atoms with Crippen LogP contribution in [-0.2, 0) is 38.7 Å². The number of hydrogen-bond donors (Lipinski definition) is 4. The van der Waals surface area contributed by atoms with Crippen molar-refractivity contribution in [1.29, 1.82) is 0 Å². The average molecular weight is 867 g/mol. The van der Waals surface area contributed by atoms with Crippen LogP contribution >= 0.6 is 0 Å². The molecule has 6 unspecified atom stereocenters. The van der Waals surface area contributed by atoms with E-state index in [1.54, 1.807) is 0 Å². The van der Waals surface area contributed by atoms with Crippen molar-refractivity contribution >= 4 is 22.1 Å². The molecule has 60 heavy (non-hydrogen) atoms. The Hall–Kier alpha value is -2.91. The molecular formula is C47H78O12S. The molecule has 0 amide bonds. The molecule has 0 aliphatic carbocycles. The lowest BCUT2D eigenvalue weighted by Crippen LogP contribution is -2.60. The maximum atomic E-state index is 12.8. The smallest absolute Gasteiger partial charge is 0.306 e. The molecule has 0 aromatic heterocycles. The maximum absolute atomic E-state index is 12.8. The number of aliphatic hydroxyl groups is 3. The van der Waals surface area contributed by atoms with E-state index in [1.807, 2.05) is 12.2 Å². The molecule has 4 N–H and O–H groups in total. The number of rotatable bonds is 36. The van der Waals surface area contributed by atoms with Gasteiger partial charge in [-0.3, -0.25) is 14.1 Å². The van der Waals surface area contributed by atoms with Gasteiger partial charge in [0.1, 0.15) is 36.8 Å². The van der Waals surface area contributed by atoms with E-state index in [-0.39, 0.29) is 19.4 Å². The SMILES string of the molecule is CC/C=C\C/C=C\C/C=C\C/C=C\C/C=C\CCCC(=O)OC(COC(=O)CCCCCCC/C=C\CCCCCCCC)COC1OC(CS(=O)(=O)O)C(O)C(O)C1O. The Balaban J connectivity index is 2.51. The standard InChI is InChI=1S/C47H78O12S/c1-3-5-7-9-11-13-15-17-19-20-22-24-26-28-30-32-34-36-43(49)58-40(38-57-47-46(52)45(51)44(50)41(59-47)39-60(53,54)55)37-56-42(48)35-33-31-29-27-25-23-21-18-16-14-12-10-8-6-4-2/h5,7,11,13,17-19,21-22,24,28,30,40-41,44-47,50-52H,3-4,6,8-10,12,14-16,20,23,25-27,29,31-39H2,1-2H3,(H,53,54,55)/b7-5-,13-11-,19-17-,21-18-,24-22-,30-28-. The number of hydrogen-bond acceptors (Lipinski definition) is 11. The molecule has 1 rings (SSSR count). The number of carbonyl (C=O) groups excluding carboxylic acids is 2. The molecule has 12 nitrogen and oxygen atoms in total. The van der Waals surface area contributed by atoms with Crippen LogP contribution in [0.5, 0.6) is 0 Å². The highest BCUT2D eigenvalue weighted by Gasteiger charge is 2.46. The van der Waals surface area contributed by atoms with Gasteiger partial charge in [-0.25, -0.2) is 0 Å². The highest BCUT2D eigenvalue weighted by Crippen LogP contribution is 2.24. The molecule has 6 atom stereocenters. The summed E-state index contributed by atoms with van der Waals surface area (Å²) in [5.41, 5.74) is 0. The van der Waals surface area contributed by atoms with E-state index < -0.39 is 71.2 Å². The summed E-state index contributed by atoms with van der Waals surface area (Å²) in [7, 11) is -4.61. The van der Waals surface area contributed by atoms with Gasteiger partial charge >= 0.3 is 11.9 Å². The highest BCUT2D eigenvalue weighted by atomic mass is 32.2. The topological polar surface area (TPSA) is 186 Å². The maximum Gasteiger partial charge on any atom is 0.306 e. The fraction of sp³-hybridized carbons (Fsp3) is 0.702. The summed E-state index contributed by atoms with van der Waals surface area (Å²) >= 11 is 0. The first-order chi connectivity index (χ1) is 29.0. The molecule has 0 aromatic carbocycles. The molecule has 0 bridgehead atoms. The zero-order chi connectivity index (χ0) is 44.1. The normalized spacial score (nSPS) is 20.8. The number of ether oxygens (including phenoxy) is 4. The van der Waals surface area contributed by atoms with Gasteiger partial charge in [-0.2, -0.15) is 8.42 Å². The van der Waals surface area contributed by atoms with Gasteiger partial charge in [0.25, 0.3) is 10.1 Å². The summed E-state index contributed by atoms with van der Waals surface area (Å²) in [6.45, 7) is 3.57. The average Bonchev–Trinajstić information content (AvgIpc) is 3.21. The predicted octanol–water partition coefficient (Wildman–Crippen LogP) is 9.11. The van der Waals surface area contributed by atoms with E-state index >= 15 is 0 Å². The Morgan fingerprint density at radius 3 is 1.63 bits per heavy atom. The summed E-state index contributed by atoms with van der Waals surface area (Å²) in [5.74, 6) is -2.08. The molecule has 0 aromatic rings. The van der Waals surface area contributed by atoms with Crippen LogP contribution in [0.25, 0.3) is 0 Å². The molecule has 1 heterocycles. The number of esters is 2. The third kappa shape index (κ3) is 31.0. The number of carbonyl (C=O) groups is 2. The van der Waals surface area contributed by atoms with Gasteiger partial charge < -0.3 is 34.3 Å². The van der Waals surface area contributed by atoms with Crippen molar-refractivity contribution in [2.24, 2.45) is 0 Å². The molecule has 0 spiro atoms. The monoisotopic (exact) mass is 867 g/mol. The Morgan fingerprint density at radius 1 is 0.583 bits per heavy atom. The van der Waals surface area contributed by atoms with E-state index in [0.717, 1.165) is 70.6 Å². The third-order valence-corrected chi connectivity index (χ3v) is 10.5. The van der Waals surface area contributed by atoms with Crippen molar-refractivity contribution in [3.05, 3.63) is 72.9 Å². The first-order valence-corrected chi connectivity index (χ1v) is 24.1. The fourth-order valence-corrected chi connectivity index (χ4v) is 6.98. The van der Waals surface area contributed by atoms with Crippen LogP contribution in [0, 0.1) is 0 Å². The van der Waals surface area contributed by atoms with Crippen LogP contribution in [0.3, 0.4) is 0 Å². The fourth-order valence-electron chi connectivity index (χ4n) is 6.29. The van der Waals surface area contributed by atoms with E-state index in [1.165, 1.54) is 38.5 Å². The Labute approximate surface area is 361 Å². The minimum atomic E-state index is -4.61. The van der Waals surface area contributed by atoms with Crippen LogP contribution in [-0.4, -0.2) is 96.0 Å². The van der Waals surface area contributed by atoms with Crippen LogP contribution < -0.4 is 0 Å². The highest BCUT2D eigenvalue weighted by molar-refractivity contribution is 7.85. The van der Waals surface area contributed by atoms with Gasteiger partial charge in [-0.1, -0.05) is 138 Å². The van der Waals surface area contributed by atoms with E-state index in [0.29, 0.717) is 19.3 Å². The van der Waals surface area contributed by atoms with Crippen molar-refractivity contribution in [3.8, 4) is 0 Å². The molecule has 1 aliphatic heterocycles. The third-order valence-electron chi connectivity index (χ3n) is 9.77. The Kier molecular flexibility index (Phi) is 33.7. The summed E-state index contributed by atoms with van der Waals surface area (Å²) in [6.07, 6.45) is 36.7. The van der Waals surface area contributed by atoms with Crippen molar-refractivity contribution in [3.63, 3.8) is 0 Å². The molecule has 1 fully saturated rings. The number of aliphatic hydroxyl groups excluding tert-OH is 3. The summed E-state index contributed by atoms with van der Waals surface area (Å²) < 4.78 is 54.0. The summed E-state index contributed by atoms with van der Waals surface area (Å²) in [6, 6.07) is 0. The van der Waals surface area contributed by atoms with Crippen LogP contribution in [0.4, 0.5) is 0 Å². The van der Waals surface area contributed by atoms with E-state index in [2.05, 4.69) is 74.6 Å². The van der Waals surface area contributed by atoms with Gasteiger partial charge in [0.2, 0.25) is 0 Å². The lowest BCUT2D eigenvalue weighted by Gasteiger charge is -2.40. The molecule has 1 aliphatic rings. The van der Waals surface area contributed by atoms with Crippen molar-refractivity contribution < 1.29 is 56.8 Å². The second-order valence-electron chi connectivity index (χ2n) is 15.3.